The molecule has 0 amide bonds. The van der Waals surface area contributed by atoms with Gasteiger partial charge in [-0.25, -0.2) is 0 Å². The number of aliphatic hydroxyl groups is 1. The summed E-state index contributed by atoms with van der Waals surface area (Å²) in [4.78, 5) is 0. The number of halogens is 1. The molecule has 4 nitrogen and oxygen atoms in total. The van der Waals surface area contributed by atoms with Gasteiger partial charge in [-0.3, -0.25) is 5.10 Å². The van der Waals surface area contributed by atoms with Gasteiger partial charge in [0.15, 0.2) is 0 Å². The summed E-state index contributed by atoms with van der Waals surface area (Å²) < 4.78 is 0.949. The van der Waals surface area contributed by atoms with Crippen LogP contribution in [0.1, 0.15) is 18.5 Å². The van der Waals surface area contributed by atoms with E-state index in [9.17, 15) is 5.11 Å². The van der Waals surface area contributed by atoms with E-state index in [2.05, 4.69) is 31.4 Å². The molecular formula is C9H14BrN3O. The average Bonchev–Trinajstić information content (AvgIpc) is 2.52. The van der Waals surface area contributed by atoms with Crippen LogP contribution in [0.4, 0.5) is 0 Å². The van der Waals surface area contributed by atoms with Crippen molar-refractivity contribution in [1.29, 1.82) is 0 Å². The molecule has 0 atom stereocenters. The lowest BCUT2D eigenvalue weighted by Crippen LogP contribution is -2.43. The molecule has 2 rings (SSSR count). The maximum Gasteiger partial charge on any atom is 0.0727 e. The van der Waals surface area contributed by atoms with Crippen molar-refractivity contribution in [3.8, 4) is 0 Å². The van der Waals surface area contributed by atoms with E-state index in [1.165, 1.54) is 0 Å². The highest BCUT2D eigenvalue weighted by molar-refractivity contribution is 9.10. The van der Waals surface area contributed by atoms with Crippen molar-refractivity contribution in [2.45, 2.75) is 24.9 Å². The Balaban J connectivity index is 2.05. The van der Waals surface area contributed by atoms with E-state index in [-0.39, 0.29) is 0 Å². The maximum atomic E-state index is 10.3. The van der Waals surface area contributed by atoms with Crippen LogP contribution in [-0.4, -0.2) is 34.0 Å². The molecular weight excluding hydrogens is 246 g/mol. The lowest BCUT2D eigenvalue weighted by atomic mass is 9.88. The van der Waals surface area contributed by atoms with Gasteiger partial charge in [0.2, 0.25) is 0 Å². The molecule has 0 radical (unpaired) electrons. The molecule has 0 saturated carbocycles. The topological polar surface area (TPSA) is 60.9 Å². The number of rotatable bonds is 2. The average molecular weight is 260 g/mol. The molecule has 3 N–H and O–H groups in total. The highest BCUT2D eigenvalue weighted by Gasteiger charge is 2.30. The standard InChI is InChI=1S/C9H14BrN3O/c10-7-6-12-13-8(7)5-9(14)1-3-11-4-2-9/h6,11,14H,1-5H2,(H,12,13). The van der Waals surface area contributed by atoms with E-state index in [0.717, 1.165) is 36.1 Å². The Hall–Kier alpha value is -0.390. The van der Waals surface area contributed by atoms with E-state index in [1.807, 2.05) is 0 Å². The number of nitrogens with one attached hydrogen (secondary N) is 2. The minimum atomic E-state index is -0.569. The van der Waals surface area contributed by atoms with E-state index in [0.29, 0.717) is 6.42 Å². The van der Waals surface area contributed by atoms with Gasteiger partial charge in [0.25, 0.3) is 0 Å². The first-order valence-electron chi connectivity index (χ1n) is 4.80. The van der Waals surface area contributed by atoms with Crippen molar-refractivity contribution in [3.63, 3.8) is 0 Å². The molecule has 78 valence electrons. The maximum absolute atomic E-state index is 10.3. The fourth-order valence-electron chi connectivity index (χ4n) is 1.82. The van der Waals surface area contributed by atoms with Crippen molar-refractivity contribution in [2.24, 2.45) is 0 Å². The van der Waals surface area contributed by atoms with Crippen molar-refractivity contribution in [3.05, 3.63) is 16.4 Å². The Morgan fingerprint density at radius 2 is 2.21 bits per heavy atom. The number of hydrogen-bond acceptors (Lipinski definition) is 3. The van der Waals surface area contributed by atoms with Crippen LogP contribution >= 0.6 is 15.9 Å². The largest absolute Gasteiger partial charge is 0.389 e. The fourth-order valence-corrected chi connectivity index (χ4v) is 2.15. The smallest absolute Gasteiger partial charge is 0.0727 e. The lowest BCUT2D eigenvalue weighted by Gasteiger charge is -2.32. The molecule has 0 aliphatic carbocycles. The summed E-state index contributed by atoms with van der Waals surface area (Å²) in [6.45, 7) is 1.78. The van der Waals surface area contributed by atoms with Gasteiger partial charge >= 0.3 is 0 Å². The molecule has 1 aliphatic heterocycles. The molecule has 0 bridgehead atoms. The van der Waals surface area contributed by atoms with Crippen LogP contribution in [0.2, 0.25) is 0 Å². The van der Waals surface area contributed by atoms with E-state index in [1.54, 1.807) is 6.20 Å². The van der Waals surface area contributed by atoms with E-state index in [4.69, 9.17) is 0 Å². The molecule has 1 aromatic heterocycles. The first-order valence-corrected chi connectivity index (χ1v) is 5.60. The number of nitrogens with zero attached hydrogens (tertiary/aromatic N) is 1. The van der Waals surface area contributed by atoms with Crippen molar-refractivity contribution in [1.82, 2.24) is 15.5 Å². The molecule has 0 aromatic carbocycles. The fraction of sp³-hybridized carbons (Fsp3) is 0.667. The van der Waals surface area contributed by atoms with Crippen LogP contribution in [0.5, 0.6) is 0 Å². The van der Waals surface area contributed by atoms with Gasteiger partial charge in [0.05, 0.1) is 22.0 Å². The van der Waals surface area contributed by atoms with E-state index >= 15 is 0 Å². The van der Waals surface area contributed by atoms with Crippen LogP contribution < -0.4 is 5.32 Å². The van der Waals surface area contributed by atoms with Gasteiger partial charge in [-0.15, -0.1) is 0 Å². The van der Waals surface area contributed by atoms with Crippen molar-refractivity contribution in [2.75, 3.05) is 13.1 Å². The van der Waals surface area contributed by atoms with Crippen LogP contribution in [0.3, 0.4) is 0 Å². The summed E-state index contributed by atoms with van der Waals surface area (Å²) in [5.74, 6) is 0. The second kappa shape index (κ2) is 4.00. The number of piperidine rings is 1. The van der Waals surface area contributed by atoms with Crippen molar-refractivity contribution < 1.29 is 5.11 Å². The predicted molar refractivity (Wildman–Crippen MR) is 57.0 cm³/mol. The second-order valence-corrected chi connectivity index (χ2v) is 4.70. The quantitative estimate of drug-likeness (QED) is 0.738. The molecule has 1 saturated heterocycles. The Labute approximate surface area is 91.2 Å². The molecule has 1 fully saturated rings. The third kappa shape index (κ3) is 2.16. The molecule has 1 aliphatic rings. The van der Waals surface area contributed by atoms with Crippen LogP contribution in [0, 0.1) is 0 Å². The zero-order valence-corrected chi connectivity index (χ0v) is 9.47. The zero-order valence-electron chi connectivity index (χ0n) is 7.89. The monoisotopic (exact) mass is 259 g/mol. The first kappa shape index (κ1) is 10.1. The molecule has 5 heteroatoms. The summed E-state index contributed by atoms with van der Waals surface area (Å²) >= 11 is 3.40. The Morgan fingerprint density at radius 1 is 1.50 bits per heavy atom. The van der Waals surface area contributed by atoms with Crippen LogP contribution in [-0.2, 0) is 6.42 Å². The summed E-state index contributed by atoms with van der Waals surface area (Å²) in [6.07, 6.45) is 3.98. The first-order chi connectivity index (χ1) is 6.70. The van der Waals surface area contributed by atoms with E-state index < -0.39 is 5.60 Å². The molecule has 2 heterocycles. The van der Waals surface area contributed by atoms with Crippen LogP contribution in [0.25, 0.3) is 0 Å². The second-order valence-electron chi connectivity index (χ2n) is 3.85. The SMILES string of the molecule is OC1(Cc2[nH]ncc2Br)CCNCC1. The minimum Gasteiger partial charge on any atom is -0.389 e. The van der Waals surface area contributed by atoms with Gasteiger partial charge in [-0.2, -0.15) is 5.10 Å². The number of aromatic amines is 1. The predicted octanol–water partition coefficient (Wildman–Crippen LogP) is 0.829. The number of hydrogen-bond donors (Lipinski definition) is 3. The highest BCUT2D eigenvalue weighted by Crippen LogP contribution is 2.25. The zero-order chi connectivity index (χ0) is 10.0. The van der Waals surface area contributed by atoms with Gasteiger partial charge in [0.1, 0.15) is 0 Å². The summed E-state index contributed by atoms with van der Waals surface area (Å²) in [5, 5.41) is 20.3. The molecule has 0 unspecified atom stereocenters. The lowest BCUT2D eigenvalue weighted by molar-refractivity contribution is 0.00987. The van der Waals surface area contributed by atoms with Gasteiger partial charge in [0, 0.05) is 6.42 Å². The number of H-pyrrole nitrogens is 1. The molecule has 14 heavy (non-hydrogen) atoms. The van der Waals surface area contributed by atoms with Gasteiger partial charge in [-0.1, -0.05) is 0 Å². The normalized spacial score (nSPS) is 21.0. The van der Waals surface area contributed by atoms with Gasteiger partial charge in [-0.05, 0) is 41.9 Å². The highest BCUT2D eigenvalue weighted by atomic mass is 79.9. The summed E-state index contributed by atoms with van der Waals surface area (Å²) in [5.41, 5.74) is 0.412. The third-order valence-corrected chi connectivity index (χ3v) is 3.39. The molecule has 0 spiro atoms. The Kier molecular flexibility index (Phi) is 2.90. The molecule has 1 aromatic rings. The Bertz CT molecular complexity index is 307. The minimum absolute atomic E-state index is 0.569. The summed E-state index contributed by atoms with van der Waals surface area (Å²) in [7, 11) is 0. The van der Waals surface area contributed by atoms with Crippen LogP contribution in [0.15, 0.2) is 10.7 Å². The van der Waals surface area contributed by atoms with Gasteiger partial charge < -0.3 is 10.4 Å². The number of aromatic nitrogens is 2. The summed E-state index contributed by atoms with van der Waals surface area (Å²) in [6, 6.07) is 0. The Morgan fingerprint density at radius 3 is 2.79 bits per heavy atom. The van der Waals surface area contributed by atoms with Crippen molar-refractivity contribution >= 4 is 15.9 Å². The third-order valence-electron chi connectivity index (χ3n) is 2.71.